The van der Waals surface area contributed by atoms with E-state index in [2.05, 4.69) is 20.6 Å². The molecular weight excluding hydrogens is 355 g/mol. The Kier molecular flexibility index (Phi) is 5.76. The van der Waals surface area contributed by atoms with Crippen LogP contribution in [0.15, 0.2) is 60.9 Å². The van der Waals surface area contributed by atoms with Crippen LogP contribution < -0.4 is 10.6 Å². The van der Waals surface area contributed by atoms with Crippen molar-refractivity contribution in [3.05, 3.63) is 83.0 Å². The van der Waals surface area contributed by atoms with Crippen molar-refractivity contribution < 1.29 is 9.18 Å². The molecule has 1 aromatic heterocycles. The molecule has 1 amide bonds. The summed E-state index contributed by atoms with van der Waals surface area (Å²) in [5, 5.41) is 6.46. The van der Waals surface area contributed by atoms with Gasteiger partial charge < -0.3 is 10.6 Å². The quantitative estimate of drug-likeness (QED) is 0.683. The molecule has 0 fully saturated rings. The highest BCUT2D eigenvalue weighted by Crippen LogP contribution is 2.13. The minimum absolute atomic E-state index is 0.193. The number of hydrogen-bond acceptors (Lipinski definition) is 4. The first-order valence-electron chi connectivity index (χ1n) is 7.97. The Morgan fingerprint density at radius 1 is 1.08 bits per heavy atom. The molecule has 3 aromatic rings. The monoisotopic (exact) mass is 370 g/mol. The van der Waals surface area contributed by atoms with Gasteiger partial charge in [0.05, 0.1) is 0 Å². The lowest BCUT2D eigenvalue weighted by Gasteiger charge is -2.08. The lowest BCUT2D eigenvalue weighted by atomic mass is 10.1. The van der Waals surface area contributed by atoms with Gasteiger partial charge in [-0.15, -0.1) is 0 Å². The second-order valence-corrected chi connectivity index (χ2v) is 5.99. The maximum atomic E-state index is 13.2. The average molecular weight is 371 g/mol. The van der Waals surface area contributed by atoms with Crippen molar-refractivity contribution in [2.45, 2.75) is 6.42 Å². The molecule has 0 bridgehead atoms. The number of benzene rings is 2. The Bertz CT molecular complexity index is 902. The minimum atomic E-state index is -0.432. The van der Waals surface area contributed by atoms with Gasteiger partial charge in [0, 0.05) is 23.3 Å². The zero-order valence-electron chi connectivity index (χ0n) is 13.7. The Morgan fingerprint density at radius 3 is 2.65 bits per heavy atom. The molecule has 132 valence electrons. The summed E-state index contributed by atoms with van der Waals surface area (Å²) >= 11 is 5.86. The van der Waals surface area contributed by atoms with Crippen molar-refractivity contribution in [3.8, 4) is 0 Å². The summed E-state index contributed by atoms with van der Waals surface area (Å²) in [6, 6.07) is 14.8. The summed E-state index contributed by atoms with van der Waals surface area (Å²) < 4.78 is 13.2. The van der Waals surface area contributed by atoms with Crippen molar-refractivity contribution in [1.82, 2.24) is 9.97 Å². The summed E-state index contributed by atoms with van der Waals surface area (Å²) in [6.45, 7) is 0.642. The number of nitrogens with zero attached hydrogens (tertiary/aromatic N) is 2. The second kappa shape index (κ2) is 8.40. The number of aromatic nitrogens is 2. The first-order valence-corrected chi connectivity index (χ1v) is 8.35. The molecule has 0 aliphatic carbocycles. The highest BCUT2D eigenvalue weighted by molar-refractivity contribution is 6.30. The summed E-state index contributed by atoms with van der Waals surface area (Å²) in [7, 11) is 0. The van der Waals surface area contributed by atoms with E-state index in [1.165, 1.54) is 24.5 Å². The molecule has 26 heavy (non-hydrogen) atoms. The molecule has 3 rings (SSSR count). The SMILES string of the molecule is O=C(Nc1cccc(F)c1)c1cc(NCCc2ccc(Cl)cc2)ncn1. The molecule has 0 atom stereocenters. The molecule has 5 nitrogen and oxygen atoms in total. The van der Waals surface area contributed by atoms with Gasteiger partial charge in [0.2, 0.25) is 0 Å². The highest BCUT2D eigenvalue weighted by Gasteiger charge is 2.09. The Morgan fingerprint density at radius 2 is 1.88 bits per heavy atom. The van der Waals surface area contributed by atoms with Crippen LogP contribution in [0.5, 0.6) is 0 Å². The Balaban J connectivity index is 1.58. The first kappa shape index (κ1) is 17.8. The van der Waals surface area contributed by atoms with E-state index < -0.39 is 11.7 Å². The number of carbonyl (C=O) groups excluding carboxylic acids is 1. The number of halogens is 2. The minimum Gasteiger partial charge on any atom is -0.370 e. The van der Waals surface area contributed by atoms with E-state index >= 15 is 0 Å². The smallest absolute Gasteiger partial charge is 0.274 e. The van der Waals surface area contributed by atoms with Crippen LogP contribution in [0.1, 0.15) is 16.1 Å². The van der Waals surface area contributed by atoms with Crippen molar-refractivity contribution in [1.29, 1.82) is 0 Å². The van der Waals surface area contributed by atoms with Crippen molar-refractivity contribution >= 4 is 29.0 Å². The molecule has 0 aliphatic rings. The molecule has 2 N–H and O–H groups in total. The van der Waals surface area contributed by atoms with Crippen molar-refractivity contribution in [2.75, 3.05) is 17.2 Å². The van der Waals surface area contributed by atoms with Gasteiger partial charge >= 0.3 is 0 Å². The van der Waals surface area contributed by atoms with Gasteiger partial charge in [-0.2, -0.15) is 0 Å². The van der Waals surface area contributed by atoms with E-state index in [1.54, 1.807) is 12.1 Å². The van der Waals surface area contributed by atoms with Crippen molar-refractivity contribution in [2.24, 2.45) is 0 Å². The fraction of sp³-hybridized carbons (Fsp3) is 0.105. The molecule has 2 aromatic carbocycles. The average Bonchev–Trinajstić information content (AvgIpc) is 2.64. The van der Waals surface area contributed by atoms with E-state index in [9.17, 15) is 9.18 Å². The topological polar surface area (TPSA) is 66.9 Å². The fourth-order valence-corrected chi connectivity index (χ4v) is 2.45. The van der Waals surface area contributed by atoms with Gasteiger partial charge in [-0.25, -0.2) is 14.4 Å². The van der Waals surface area contributed by atoms with E-state index in [1.807, 2.05) is 24.3 Å². The lowest BCUT2D eigenvalue weighted by Crippen LogP contribution is -2.15. The summed E-state index contributed by atoms with van der Waals surface area (Å²) in [4.78, 5) is 20.3. The first-order chi connectivity index (χ1) is 12.6. The molecular formula is C19H16ClFN4O. The van der Waals surface area contributed by atoms with Gasteiger partial charge in [-0.3, -0.25) is 4.79 Å². The van der Waals surface area contributed by atoms with Crippen LogP contribution in [0, 0.1) is 5.82 Å². The van der Waals surface area contributed by atoms with E-state index in [0.29, 0.717) is 23.1 Å². The van der Waals surface area contributed by atoms with Crippen molar-refractivity contribution in [3.63, 3.8) is 0 Å². The van der Waals surface area contributed by atoms with Gasteiger partial charge in [0.15, 0.2) is 0 Å². The van der Waals surface area contributed by atoms with E-state index in [-0.39, 0.29) is 5.69 Å². The third-order valence-electron chi connectivity index (χ3n) is 3.62. The number of carbonyl (C=O) groups is 1. The molecule has 0 unspecified atom stereocenters. The third-order valence-corrected chi connectivity index (χ3v) is 3.87. The number of nitrogens with one attached hydrogen (secondary N) is 2. The van der Waals surface area contributed by atoms with Crippen LogP contribution in [-0.2, 0) is 6.42 Å². The molecule has 0 aliphatic heterocycles. The van der Waals surface area contributed by atoms with Gasteiger partial charge in [0.1, 0.15) is 23.7 Å². The van der Waals surface area contributed by atoms with Gasteiger partial charge in [-0.1, -0.05) is 29.8 Å². The van der Waals surface area contributed by atoms with Gasteiger partial charge in [-0.05, 0) is 42.3 Å². The molecule has 1 heterocycles. The summed E-state index contributed by atoms with van der Waals surface area (Å²) in [5.41, 5.74) is 1.70. The molecule has 0 saturated heterocycles. The van der Waals surface area contributed by atoms with Crippen LogP contribution in [0.25, 0.3) is 0 Å². The normalized spacial score (nSPS) is 10.4. The number of hydrogen-bond donors (Lipinski definition) is 2. The number of anilines is 2. The van der Waals surface area contributed by atoms with Crippen LogP contribution in [0.4, 0.5) is 15.9 Å². The van der Waals surface area contributed by atoms with Crippen LogP contribution >= 0.6 is 11.6 Å². The van der Waals surface area contributed by atoms with E-state index in [4.69, 9.17) is 11.6 Å². The number of rotatable bonds is 6. The Hall–Kier alpha value is -2.99. The summed E-state index contributed by atoms with van der Waals surface area (Å²) in [5.74, 6) is -0.313. The fourth-order valence-electron chi connectivity index (χ4n) is 2.33. The zero-order valence-corrected chi connectivity index (χ0v) is 14.5. The molecule has 0 saturated carbocycles. The van der Waals surface area contributed by atoms with Crippen LogP contribution in [-0.4, -0.2) is 22.4 Å². The maximum absolute atomic E-state index is 13.2. The largest absolute Gasteiger partial charge is 0.370 e. The van der Waals surface area contributed by atoms with Crippen LogP contribution in [0.3, 0.4) is 0 Å². The maximum Gasteiger partial charge on any atom is 0.274 e. The standard InChI is InChI=1S/C19H16ClFN4O/c20-14-6-4-13(5-7-14)8-9-22-18-11-17(23-12-24-18)19(26)25-16-3-1-2-15(21)10-16/h1-7,10-12H,8-9H2,(H,25,26)(H,22,23,24). The predicted molar refractivity (Wildman–Crippen MR) is 100 cm³/mol. The predicted octanol–water partition coefficient (Wildman–Crippen LogP) is 4.18. The van der Waals surface area contributed by atoms with Gasteiger partial charge in [0.25, 0.3) is 5.91 Å². The molecule has 7 heteroatoms. The van der Waals surface area contributed by atoms with Crippen LogP contribution in [0.2, 0.25) is 5.02 Å². The highest BCUT2D eigenvalue weighted by atomic mass is 35.5. The zero-order chi connectivity index (χ0) is 18.4. The third kappa shape index (κ3) is 5.00. The van der Waals surface area contributed by atoms with E-state index in [0.717, 1.165) is 12.0 Å². The second-order valence-electron chi connectivity index (χ2n) is 5.56. The Labute approximate surface area is 155 Å². The number of amides is 1. The molecule has 0 radical (unpaired) electrons. The lowest BCUT2D eigenvalue weighted by molar-refractivity contribution is 0.102. The summed E-state index contributed by atoms with van der Waals surface area (Å²) in [6.07, 6.45) is 2.09. The molecule has 0 spiro atoms.